The molecule has 1 unspecified atom stereocenters. The number of nitrogens with one attached hydrogen (secondary N) is 1. The molecule has 3 rings (SSSR count). The van der Waals surface area contributed by atoms with Gasteiger partial charge in [-0.3, -0.25) is 9.59 Å². The summed E-state index contributed by atoms with van der Waals surface area (Å²) in [5, 5.41) is 3.84. The average molecular weight is 477 g/mol. The molecule has 1 aliphatic rings. The van der Waals surface area contributed by atoms with Crippen molar-refractivity contribution < 1.29 is 14.3 Å². The Balaban J connectivity index is 1.87. The van der Waals surface area contributed by atoms with E-state index in [4.69, 9.17) is 27.9 Å². The van der Waals surface area contributed by atoms with Crippen LogP contribution in [0.5, 0.6) is 5.75 Å². The number of nitrogens with zero attached hydrogens (tertiary/aromatic N) is 1. The predicted octanol–water partition coefficient (Wildman–Crippen LogP) is 5.15. The lowest BCUT2D eigenvalue weighted by molar-refractivity contribution is -0.139. The SMILES string of the molecule is COc1ccc(C(C(=O)NC2CCCCC2)N(CCc2ccc(Cl)cc2)C(=O)CCl)cc1. The minimum atomic E-state index is -0.763. The molecule has 2 amide bonds. The second kappa shape index (κ2) is 12.1. The molecule has 0 aromatic heterocycles. The van der Waals surface area contributed by atoms with Gasteiger partial charge < -0.3 is 15.0 Å². The largest absolute Gasteiger partial charge is 0.497 e. The molecule has 32 heavy (non-hydrogen) atoms. The number of ether oxygens (including phenoxy) is 1. The third-order valence-electron chi connectivity index (χ3n) is 5.93. The molecule has 7 heteroatoms. The molecular weight excluding hydrogens is 447 g/mol. The summed E-state index contributed by atoms with van der Waals surface area (Å²) in [5.41, 5.74) is 1.76. The number of hydrogen-bond donors (Lipinski definition) is 1. The normalized spacial score (nSPS) is 15.1. The lowest BCUT2D eigenvalue weighted by Gasteiger charge is -2.33. The van der Waals surface area contributed by atoms with Crippen molar-refractivity contribution >= 4 is 35.0 Å². The molecule has 0 heterocycles. The van der Waals surface area contributed by atoms with Crippen molar-refractivity contribution in [1.29, 1.82) is 0 Å². The number of carbonyl (C=O) groups excluding carboxylic acids is 2. The van der Waals surface area contributed by atoms with E-state index in [1.165, 1.54) is 6.42 Å². The Hall–Kier alpha value is -2.24. The molecule has 2 aromatic carbocycles. The van der Waals surface area contributed by atoms with Gasteiger partial charge in [0.25, 0.3) is 0 Å². The molecular formula is C25H30Cl2N2O3. The smallest absolute Gasteiger partial charge is 0.247 e. The summed E-state index contributed by atoms with van der Waals surface area (Å²) in [5.74, 6) is 0.0534. The van der Waals surface area contributed by atoms with Gasteiger partial charge in [0.15, 0.2) is 0 Å². The third-order valence-corrected chi connectivity index (χ3v) is 6.41. The highest BCUT2D eigenvalue weighted by Crippen LogP contribution is 2.26. The highest BCUT2D eigenvalue weighted by molar-refractivity contribution is 6.30. The number of amides is 2. The van der Waals surface area contributed by atoms with E-state index in [2.05, 4.69) is 5.32 Å². The first-order valence-electron chi connectivity index (χ1n) is 11.1. The lowest BCUT2D eigenvalue weighted by Crippen LogP contribution is -2.48. The van der Waals surface area contributed by atoms with Crippen LogP contribution >= 0.6 is 23.2 Å². The quantitative estimate of drug-likeness (QED) is 0.509. The third kappa shape index (κ3) is 6.63. The number of benzene rings is 2. The van der Waals surface area contributed by atoms with Crippen molar-refractivity contribution in [2.45, 2.75) is 50.6 Å². The van der Waals surface area contributed by atoms with E-state index in [0.29, 0.717) is 23.7 Å². The maximum Gasteiger partial charge on any atom is 0.247 e. The van der Waals surface area contributed by atoms with Gasteiger partial charge in [-0.1, -0.05) is 55.1 Å². The molecule has 0 saturated heterocycles. The molecule has 2 aromatic rings. The van der Waals surface area contributed by atoms with Crippen molar-refractivity contribution in [1.82, 2.24) is 10.2 Å². The van der Waals surface area contributed by atoms with Crippen LogP contribution in [-0.4, -0.2) is 42.3 Å². The summed E-state index contributed by atoms with van der Waals surface area (Å²) in [6.45, 7) is 0.363. The van der Waals surface area contributed by atoms with Gasteiger partial charge in [0.05, 0.1) is 7.11 Å². The van der Waals surface area contributed by atoms with Gasteiger partial charge in [0, 0.05) is 17.6 Å². The Kier molecular flexibility index (Phi) is 9.24. The second-order valence-electron chi connectivity index (χ2n) is 8.12. The van der Waals surface area contributed by atoms with Crippen LogP contribution in [0.1, 0.15) is 49.3 Å². The summed E-state index contributed by atoms with van der Waals surface area (Å²) in [4.78, 5) is 28.0. The van der Waals surface area contributed by atoms with E-state index >= 15 is 0 Å². The van der Waals surface area contributed by atoms with Crippen molar-refractivity contribution in [3.63, 3.8) is 0 Å². The predicted molar refractivity (Wildman–Crippen MR) is 128 cm³/mol. The van der Waals surface area contributed by atoms with Gasteiger partial charge >= 0.3 is 0 Å². The van der Waals surface area contributed by atoms with Crippen LogP contribution in [0.15, 0.2) is 48.5 Å². The Labute approximate surface area is 200 Å². The lowest BCUT2D eigenvalue weighted by atomic mass is 9.94. The van der Waals surface area contributed by atoms with E-state index in [-0.39, 0.29) is 23.7 Å². The van der Waals surface area contributed by atoms with Gasteiger partial charge in [-0.05, 0) is 54.7 Å². The average Bonchev–Trinajstić information content (AvgIpc) is 2.83. The van der Waals surface area contributed by atoms with Crippen LogP contribution < -0.4 is 10.1 Å². The molecule has 0 aliphatic heterocycles. The van der Waals surface area contributed by atoms with E-state index < -0.39 is 6.04 Å². The number of rotatable bonds is 9. The fourth-order valence-electron chi connectivity index (χ4n) is 4.16. The summed E-state index contributed by atoms with van der Waals surface area (Å²) in [6, 6.07) is 14.1. The second-order valence-corrected chi connectivity index (χ2v) is 8.82. The zero-order valence-corrected chi connectivity index (χ0v) is 19.9. The molecule has 0 bridgehead atoms. The van der Waals surface area contributed by atoms with Gasteiger partial charge in [-0.15, -0.1) is 11.6 Å². The Bertz CT molecular complexity index is 881. The highest BCUT2D eigenvalue weighted by Gasteiger charge is 2.32. The Morgan fingerprint density at radius 2 is 1.72 bits per heavy atom. The van der Waals surface area contributed by atoms with Gasteiger partial charge in [0.2, 0.25) is 11.8 Å². The summed E-state index contributed by atoms with van der Waals surface area (Å²) >= 11 is 12.0. The van der Waals surface area contributed by atoms with E-state index in [9.17, 15) is 9.59 Å². The molecule has 1 atom stereocenters. The van der Waals surface area contributed by atoms with Crippen LogP contribution in [-0.2, 0) is 16.0 Å². The van der Waals surface area contributed by atoms with Gasteiger partial charge in [0.1, 0.15) is 17.7 Å². The summed E-state index contributed by atoms with van der Waals surface area (Å²) in [7, 11) is 1.59. The fourth-order valence-corrected chi connectivity index (χ4v) is 4.44. The number of methoxy groups -OCH3 is 1. The maximum absolute atomic E-state index is 13.5. The number of halogens is 2. The maximum atomic E-state index is 13.5. The van der Waals surface area contributed by atoms with Crippen molar-refractivity contribution in [3.05, 3.63) is 64.7 Å². The minimum absolute atomic E-state index is 0.140. The minimum Gasteiger partial charge on any atom is -0.497 e. The zero-order chi connectivity index (χ0) is 22.9. The number of carbonyl (C=O) groups is 2. The zero-order valence-electron chi connectivity index (χ0n) is 18.4. The Morgan fingerprint density at radius 1 is 1.06 bits per heavy atom. The van der Waals surface area contributed by atoms with Crippen molar-refractivity contribution in [2.75, 3.05) is 19.5 Å². The molecule has 1 N–H and O–H groups in total. The first-order valence-corrected chi connectivity index (χ1v) is 12.0. The number of hydrogen-bond acceptors (Lipinski definition) is 3. The van der Waals surface area contributed by atoms with E-state index in [1.54, 1.807) is 24.1 Å². The van der Waals surface area contributed by atoms with Crippen LogP contribution in [0.25, 0.3) is 0 Å². The molecule has 1 saturated carbocycles. The van der Waals surface area contributed by atoms with Crippen LogP contribution in [0.2, 0.25) is 5.02 Å². The number of alkyl halides is 1. The van der Waals surface area contributed by atoms with Crippen molar-refractivity contribution in [2.24, 2.45) is 0 Å². The first-order chi connectivity index (χ1) is 15.5. The molecule has 0 radical (unpaired) electrons. The topological polar surface area (TPSA) is 58.6 Å². The van der Waals surface area contributed by atoms with Crippen molar-refractivity contribution in [3.8, 4) is 5.75 Å². The van der Waals surface area contributed by atoms with Gasteiger partial charge in [-0.2, -0.15) is 0 Å². The van der Waals surface area contributed by atoms with E-state index in [0.717, 1.165) is 36.8 Å². The summed E-state index contributed by atoms with van der Waals surface area (Å²) < 4.78 is 5.26. The molecule has 1 fully saturated rings. The fraction of sp³-hybridized carbons (Fsp3) is 0.440. The molecule has 5 nitrogen and oxygen atoms in total. The summed E-state index contributed by atoms with van der Waals surface area (Å²) in [6.07, 6.45) is 5.94. The molecule has 0 spiro atoms. The Morgan fingerprint density at radius 3 is 2.31 bits per heavy atom. The van der Waals surface area contributed by atoms with Gasteiger partial charge in [-0.25, -0.2) is 0 Å². The standard InChI is InChI=1S/C25H30Cl2N2O3/c1-32-22-13-9-19(10-14-22)24(25(31)28-21-5-3-2-4-6-21)29(23(30)17-26)16-15-18-7-11-20(27)12-8-18/h7-14,21,24H,2-6,15-17H2,1H3,(H,28,31). The van der Waals surface area contributed by atoms with Crippen LogP contribution in [0, 0.1) is 0 Å². The highest BCUT2D eigenvalue weighted by atomic mass is 35.5. The molecule has 1 aliphatic carbocycles. The van der Waals surface area contributed by atoms with E-state index in [1.807, 2.05) is 36.4 Å². The first kappa shape index (κ1) is 24.4. The monoisotopic (exact) mass is 476 g/mol. The van der Waals surface area contributed by atoms with Crippen LogP contribution in [0.3, 0.4) is 0 Å². The van der Waals surface area contributed by atoms with Crippen LogP contribution in [0.4, 0.5) is 0 Å². The molecule has 172 valence electrons.